The molecule has 1 heterocycles. The van der Waals surface area contributed by atoms with Gasteiger partial charge in [0.05, 0.1) is 25.4 Å². The van der Waals surface area contributed by atoms with Crippen molar-refractivity contribution in [2.45, 2.75) is 269 Å². The molecule has 0 radical (unpaired) electrons. The molecular formula is C45H89NO8. The SMILES string of the molecule is CCCCCCCCCCCCCCCCCCCCCCC(=O)N[C@@H](CO[C@@H]1O[C@H](CO)[C@@H](O)C(O)C1O)[C@H](O)CCCCCCCCCCCCC. The summed E-state index contributed by atoms with van der Waals surface area (Å²) in [7, 11) is 0. The van der Waals surface area contributed by atoms with Crippen molar-refractivity contribution in [3.8, 4) is 0 Å². The Bertz CT molecular complexity index is 817. The second kappa shape index (κ2) is 36.5. The summed E-state index contributed by atoms with van der Waals surface area (Å²) in [5, 5.41) is 54.3. The minimum atomic E-state index is -1.55. The van der Waals surface area contributed by atoms with Gasteiger partial charge in [0.15, 0.2) is 6.29 Å². The molecule has 0 saturated carbocycles. The maximum Gasteiger partial charge on any atom is 0.220 e. The lowest BCUT2D eigenvalue weighted by atomic mass is 9.99. The second-order valence-corrected chi connectivity index (χ2v) is 16.6. The van der Waals surface area contributed by atoms with Crippen LogP contribution in [0.5, 0.6) is 0 Å². The number of ether oxygens (including phenoxy) is 2. The van der Waals surface area contributed by atoms with Crippen molar-refractivity contribution in [2.24, 2.45) is 0 Å². The Hall–Kier alpha value is -0.810. The zero-order valence-corrected chi connectivity index (χ0v) is 35.3. The number of nitrogens with one attached hydrogen (secondary N) is 1. The van der Waals surface area contributed by atoms with E-state index < -0.39 is 49.5 Å². The molecule has 0 spiro atoms. The van der Waals surface area contributed by atoms with Gasteiger partial charge in [-0.1, -0.05) is 206 Å². The number of carbonyl (C=O) groups excluding carboxylic acids is 1. The third-order valence-corrected chi connectivity index (χ3v) is 11.5. The van der Waals surface area contributed by atoms with E-state index in [1.165, 1.54) is 161 Å². The fourth-order valence-electron chi connectivity index (χ4n) is 7.69. The molecule has 322 valence electrons. The van der Waals surface area contributed by atoms with Crippen molar-refractivity contribution in [1.82, 2.24) is 5.32 Å². The highest BCUT2D eigenvalue weighted by Gasteiger charge is 2.44. The smallest absolute Gasteiger partial charge is 0.220 e. The quantitative estimate of drug-likeness (QED) is 0.0339. The zero-order chi connectivity index (χ0) is 39.5. The summed E-state index contributed by atoms with van der Waals surface area (Å²) in [6, 6.07) is -0.710. The van der Waals surface area contributed by atoms with Crippen molar-refractivity contribution in [1.29, 1.82) is 0 Å². The molecule has 1 aliphatic heterocycles. The van der Waals surface area contributed by atoms with E-state index in [0.29, 0.717) is 12.8 Å². The predicted molar refractivity (Wildman–Crippen MR) is 221 cm³/mol. The Labute approximate surface area is 332 Å². The zero-order valence-electron chi connectivity index (χ0n) is 35.3. The largest absolute Gasteiger partial charge is 0.394 e. The van der Waals surface area contributed by atoms with Crippen molar-refractivity contribution < 1.29 is 39.8 Å². The molecule has 7 atom stereocenters. The van der Waals surface area contributed by atoms with Gasteiger partial charge in [0.25, 0.3) is 0 Å². The van der Waals surface area contributed by atoms with Crippen LogP contribution in [0.25, 0.3) is 0 Å². The van der Waals surface area contributed by atoms with E-state index in [9.17, 15) is 30.3 Å². The summed E-state index contributed by atoms with van der Waals surface area (Å²) >= 11 is 0. The Morgan fingerprint density at radius 1 is 0.556 bits per heavy atom. The molecule has 2 unspecified atom stereocenters. The first kappa shape index (κ1) is 51.2. The molecule has 9 heteroatoms. The highest BCUT2D eigenvalue weighted by atomic mass is 16.7. The van der Waals surface area contributed by atoms with Crippen LogP contribution in [0.1, 0.15) is 226 Å². The first-order valence-electron chi connectivity index (χ1n) is 23.2. The van der Waals surface area contributed by atoms with Gasteiger partial charge in [0, 0.05) is 6.42 Å². The first-order chi connectivity index (χ1) is 26.3. The van der Waals surface area contributed by atoms with Crippen molar-refractivity contribution in [2.75, 3.05) is 13.2 Å². The molecule has 1 fully saturated rings. The molecule has 1 aliphatic rings. The third-order valence-electron chi connectivity index (χ3n) is 11.5. The maximum atomic E-state index is 13.0. The maximum absolute atomic E-state index is 13.0. The van der Waals surface area contributed by atoms with Crippen LogP contribution in [0, 0.1) is 0 Å². The van der Waals surface area contributed by atoms with Crippen LogP contribution < -0.4 is 5.32 Å². The topological polar surface area (TPSA) is 149 Å². The molecule has 0 bridgehead atoms. The number of aliphatic hydroxyl groups excluding tert-OH is 5. The monoisotopic (exact) mass is 772 g/mol. The van der Waals surface area contributed by atoms with E-state index in [0.717, 1.165) is 38.5 Å². The minimum Gasteiger partial charge on any atom is -0.394 e. The van der Waals surface area contributed by atoms with E-state index in [-0.39, 0.29) is 12.5 Å². The highest BCUT2D eigenvalue weighted by Crippen LogP contribution is 2.23. The second-order valence-electron chi connectivity index (χ2n) is 16.6. The Balaban J connectivity index is 2.26. The molecule has 6 N–H and O–H groups in total. The predicted octanol–water partition coefficient (Wildman–Crippen LogP) is 9.56. The molecule has 1 saturated heterocycles. The van der Waals surface area contributed by atoms with Gasteiger partial charge in [-0.15, -0.1) is 0 Å². The van der Waals surface area contributed by atoms with Crippen LogP contribution in [0.15, 0.2) is 0 Å². The fraction of sp³-hybridized carbons (Fsp3) is 0.978. The van der Waals surface area contributed by atoms with Crippen LogP contribution >= 0.6 is 0 Å². The van der Waals surface area contributed by atoms with Crippen molar-refractivity contribution in [3.63, 3.8) is 0 Å². The summed E-state index contributed by atoms with van der Waals surface area (Å²) in [5.74, 6) is -0.141. The molecule has 0 aliphatic carbocycles. The number of unbranched alkanes of at least 4 members (excludes halogenated alkanes) is 29. The minimum absolute atomic E-state index is 0.132. The van der Waals surface area contributed by atoms with Crippen molar-refractivity contribution in [3.05, 3.63) is 0 Å². The molecule has 1 amide bonds. The number of hydrogen-bond donors (Lipinski definition) is 6. The Kier molecular flexibility index (Phi) is 34.6. The molecule has 54 heavy (non-hydrogen) atoms. The van der Waals surface area contributed by atoms with Gasteiger partial charge in [-0.25, -0.2) is 0 Å². The third kappa shape index (κ3) is 26.9. The van der Waals surface area contributed by atoms with E-state index in [4.69, 9.17) is 9.47 Å². The average molecular weight is 772 g/mol. The fourth-order valence-corrected chi connectivity index (χ4v) is 7.69. The average Bonchev–Trinajstić information content (AvgIpc) is 3.17. The van der Waals surface area contributed by atoms with Crippen LogP contribution in [0.4, 0.5) is 0 Å². The molecule has 1 rings (SSSR count). The number of carbonyl (C=O) groups is 1. The van der Waals surface area contributed by atoms with Crippen LogP contribution in [0.2, 0.25) is 0 Å². The Morgan fingerprint density at radius 2 is 0.926 bits per heavy atom. The van der Waals surface area contributed by atoms with E-state index in [1.807, 2.05) is 0 Å². The van der Waals surface area contributed by atoms with Gasteiger partial charge in [-0.2, -0.15) is 0 Å². The standard InChI is InChI=1S/C45H89NO8/c1-3-5-7-9-11-13-15-16-17-18-19-20-21-22-23-25-27-29-31-33-35-41(49)46-38(37-53-45-44(52)43(51)42(50)40(36-47)54-45)39(48)34-32-30-28-26-24-14-12-10-8-6-4-2/h38-40,42-45,47-48,50-52H,3-37H2,1-2H3,(H,46,49)/t38-,39+,40+,42+,43?,44?,45+/m0/s1. The lowest BCUT2D eigenvalue weighted by Gasteiger charge is -2.40. The summed E-state index contributed by atoms with van der Waals surface area (Å²) in [5.41, 5.74) is 0. The summed E-state index contributed by atoms with van der Waals surface area (Å²) < 4.78 is 11.2. The van der Waals surface area contributed by atoms with Gasteiger partial charge in [0.1, 0.15) is 24.4 Å². The van der Waals surface area contributed by atoms with Gasteiger partial charge in [-0.3, -0.25) is 4.79 Å². The van der Waals surface area contributed by atoms with Crippen LogP contribution in [-0.4, -0.2) is 87.5 Å². The summed E-state index contributed by atoms with van der Waals surface area (Å²) in [6.07, 6.45) is 32.6. The summed E-state index contributed by atoms with van der Waals surface area (Å²) in [4.78, 5) is 13.0. The van der Waals surface area contributed by atoms with Gasteiger partial charge in [0.2, 0.25) is 5.91 Å². The van der Waals surface area contributed by atoms with E-state index in [1.54, 1.807) is 0 Å². The normalized spacial score (nSPS) is 21.4. The molecule has 9 nitrogen and oxygen atoms in total. The number of hydrogen-bond acceptors (Lipinski definition) is 8. The number of amides is 1. The van der Waals surface area contributed by atoms with Gasteiger partial charge in [-0.05, 0) is 12.8 Å². The first-order valence-corrected chi connectivity index (χ1v) is 23.2. The summed E-state index contributed by atoms with van der Waals surface area (Å²) in [6.45, 7) is 3.84. The number of aliphatic hydroxyl groups is 5. The lowest BCUT2D eigenvalue weighted by Crippen LogP contribution is -2.60. The lowest BCUT2D eigenvalue weighted by molar-refractivity contribution is -0.302. The van der Waals surface area contributed by atoms with Gasteiger partial charge >= 0.3 is 0 Å². The van der Waals surface area contributed by atoms with Crippen LogP contribution in [-0.2, 0) is 14.3 Å². The number of rotatable bonds is 39. The van der Waals surface area contributed by atoms with Gasteiger partial charge < -0.3 is 40.3 Å². The molecule has 0 aromatic heterocycles. The van der Waals surface area contributed by atoms with Crippen molar-refractivity contribution >= 4 is 5.91 Å². The molecule has 0 aromatic carbocycles. The van der Waals surface area contributed by atoms with Crippen LogP contribution in [0.3, 0.4) is 0 Å². The molecular weight excluding hydrogens is 682 g/mol. The Morgan fingerprint density at radius 3 is 1.31 bits per heavy atom. The van der Waals surface area contributed by atoms with E-state index in [2.05, 4.69) is 19.2 Å². The molecule has 0 aromatic rings. The highest BCUT2D eigenvalue weighted by molar-refractivity contribution is 5.76. The van der Waals surface area contributed by atoms with E-state index >= 15 is 0 Å².